The van der Waals surface area contributed by atoms with Gasteiger partial charge in [0.2, 0.25) is 5.91 Å². The Morgan fingerprint density at radius 1 is 1.24 bits per heavy atom. The summed E-state index contributed by atoms with van der Waals surface area (Å²) in [7, 11) is 0. The van der Waals surface area contributed by atoms with E-state index in [1.54, 1.807) is 12.1 Å². The van der Waals surface area contributed by atoms with E-state index in [4.69, 9.17) is 4.74 Å². The molecule has 1 fully saturated rings. The van der Waals surface area contributed by atoms with Crippen LogP contribution in [0, 0.1) is 5.82 Å². The van der Waals surface area contributed by atoms with Crippen molar-refractivity contribution in [2.45, 2.75) is 32.5 Å². The Hall–Kier alpha value is -2.58. The number of amides is 1. The summed E-state index contributed by atoms with van der Waals surface area (Å²) in [6.45, 7) is 5.70. The van der Waals surface area contributed by atoms with Gasteiger partial charge in [0.25, 0.3) is 0 Å². The Morgan fingerprint density at radius 2 is 1.97 bits per heavy atom. The molecule has 1 aliphatic heterocycles. The van der Waals surface area contributed by atoms with Crippen molar-refractivity contribution in [1.29, 1.82) is 0 Å². The molecule has 8 heteroatoms. The first-order chi connectivity index (χ1) is 14.0. The number of ether oxygens (including phenoxy) is 1. The molecule has 1 aromatic carbocycles. The van der Waals surface area contributed by atoms with E-state index in [1.165, 1.54) is 29.8 Å². The largest absolute Gasteiger partial charge is 0.372 e. The number of hydrogen-bond acceptors (Lipinski definition) is 6. The van der Waals surface area contributed by atoms with Gasteiger partial charge < -0.3 is 15.0 Å². The van der Waals surface area contributed by atoms with Gasteiger partial charge in [-0.3, -0.25) is 4.79 Å². The maximum Gasteiger partial charge on any atom is 0.224 e. The van der Waals surface area contributed by atoms with Crippen molar-refractivity contribution in [2.75, 3.05) is 25.0 Å². The molecule has 6 nitrogen and oxygen atoms in total. The maximum absolute atomic E-state index is 13.3. The molecule has 0 spiro atoms. The van der Waals surface area contributed by atoms with Crippen molar-refractivity contribution in [2.24, 2.45) is 0 Å². The summed E-state index contributed by atoms with van der Waals surface area (Å²) in [5, 5.41) is 6.18. The summed E-state index contributed by atoms with van der Waals surface area (Å²) in [4.78, 5) is 24.0. The van der Waals surface area contributed by atoms with Crippen LogP contribution in [-0.2, 0) is 9.53 Å². The first-order valence-electron chi connectivity index (χ1n) is 9.66. The number of anilines is 1. The molecule has 29 heavy (non-hydrogen) atoms. The van der Waals surface area contributed by atoms with E-state index >= 15 is 0 Å². The van der Waals surface area contributed by atoms with Gasteiger partial charge in [-0.2, -0.15) is 0 Å². The molecule has 2 aromatic heterocycles. The third-order valence-corrected chi connectivity index (χ3v) is 5.82. The molecule has 4 rings (SSSR count). The van der Waals surface area contributed by atoms with Gasteiger partial charge in [-0.05, 0) is 31.5 Å². The number of fused-ring (bicyclic) bond motifs is 1. The third kappa shape index (κ3) is 4.38. The smallest absolute Gasteiger partial charge is 0.224 e. The summed E-state index contributed by atoms with van der Waals surface area (Å²) < 4.78 is 19.0. The summed E-state index contributed by atoms with van der Waals surface area (Å²) in [6.07, 6.45) is 2.01. The van der Waals surface area contributed by atoms with Crippen LogP contribution in [0.4, 0.5) is 10.2 Å². The first kappa shape index (κ1) is 19.7. The molecule has 0 saturated carbocycles. The van der Waals surface area contributed by atoms with Gasteiger partial charge >= 0.3 is 0 Å². The lowest BCUT2D eigenvalue weighted by Gasteiger charge is -2.35. The Morgan fingerprint density at radius 3 is 2.69 bits per heavy atom. The average Bonchev–Trinajstić information content (AvgIpc) is 3.13. The molecule has 0 radical (unpaired) electrons. The molecule has 0 bridgehead atoms. The average molecular weight is 415 g/mol. The second kappa shape index (κ2) is 8.42. The molecule has 2 unspecified atom stereocenters. The number of halogens is 1. The summed E-state index contributed by atoms with van der Waals surface area (Å²) in [6, 6.07) is 6.38. The number of rotatable bonds is 5. The zero-order chi connectivity index (χ0) is 20.4. The number of nitrogens with zero attached hydrogens (tertiary/aromatic N) is 3. The SMILES string of the molecule is CC1CN(C(=O)CCNc2ncnc3scc(-c4ccc(F)cc4)c23)CC(C)O1. The molecule has 1 aliphatic rings. The summed E-state index contributed by atoms with van der Waals surface area (Å²) >= 11 is 1.52. The minimum atomic E-state index is -0.270. The first-order valence-corrected chi connectivity index (χ1v) is 10.5. The summed E-state index contributed by atoms with van der Waals surface area (Å²) in [5.74, 6) is 0.522. The molecule has 3 aromatic rings. The quantitative estimate of drug-likeness (QED) is 0.685. The predicted octanol–water partition coefficient (Wildman–Crippen LogP) is 3.94. The minimum absolute atomic E-state index is 0.0567. The Labute approximate surface area is 172 Å². The molecular weight excluding hydrogens is 391 g/mol. The zero-order valence-electron chi connectivity index (χ0n) is 16.4. The Bertz CT molecular complexity index is 998. The second-order valence-corrected chi connectivity index (χ2v) is 8.15. The number of hydrogen-bond donors (Lipinski definition) is 1. The zero-order valence-corrected chi connectivity index (χ0v) is 17.2. The van der Waals surface area contributed by atoms with Crippen molar-refractivity contribution in [3.05, 3.63) is 41.8 Å². The lowest BCUT2D eigenvalue weighted by Crippen LogP contribution is -2.48. The van der Waals surface area contributed by atoms with Crippen LogP contribution >= 0.6 is 11.3 Å². The predicted molar refractivity (Wildman–Crippen MR) is 113 cm³/mol. The molecule has 152 valence electrons. The van der Waals surface area contributed by atoms with Gasteiger partial charge in [-0.25, -0.2) is 14.4 Å². The number of carbonyl (C=O) groups is 1. The normalized spacial score (nSPS) is 19.5. The van der Waals surface area contributed by atoms with E-state index < -0.39 is 0 Å². The van der Waals surface area contributed by atoms with Crippen LogP contribution in [-0.4, -0.2) is 52.6 Å². The highest BCUT2D eigenvalue weighted by molar-refractivity contribution is 7.17. The number of carbonyl (C=O) groups excluding carboxylic acids is 1. The van der Waals surface area contributed by atoms with Crippen LogP contribution < -0.4 is 5.32 Å². The summed E-state index contributed by atoms with van der Waals surface area (Å²) in [5.41, 5.74) is 1.86. The van der Waals surface area contributed by atoms with Crippen LogP contribution in [0.1, 0.15) is 20.3 Å². The number of thiophene rings is 1. The van der Waals surface area contributed by atoms with Crippen molar-refractivity contribution in [3.63, 3.8) is 0 Å². The van der Waals surface area contributed by atoms with Crippen molar-refractivity contribution >= 4 is 33.3 Å². The van der Waals surface area contributed by atoms with E-state index in [0.29, 0.717) is 31.9 Å². The highest BCUT2D eigenvalue weighted by atomic mass is 32.1. The van der Waals surface area contributed by atoms with E-state index in [2.05, 4.69) is 15.3 Å². The molecule has 0 aliphatic carbocycles. The molecule has 1 N–H and O–H groups in total. The minimum Gasteiger partial charge on any atom is -0.372 e. The molecule has 1 amide bonds. The van der Waals surface area contributed by atoms with Gasteiger partial charge in [0.05, 0.1) is 17.6 Å². The second-order valence-electron chi connectivity index (χ2n) is 7.29. The number of morpholine rings is 1. The van der Waals surface area contributed by atoms with Crippen molar-refractivity contribution in [1.82, 2.24) is 14.9 Å². The van der Waals surface area contributed by atoms with Crippen molar-refractivity contribution in [3.8, 4) is 11.1 Å². The fourth-order valence-corrected chi connectivity index (χ4v) is 4.59. The van der Waals surface area contributed by atoms with Crippen molar-refractivity contribution < 1.29 is 13.9 Å². The molecule has 3 heterocycles. The highest BCUT2D eigenvalue weighted by Crippen LogP contribution is 2.36. The molecule has 2 atom stereocenters. The van der Waals surface area contributed by atoms with Gasteiger partial charge in [0.1, 0.15) is 22.8 Å². The lowest BCUT2D eigenvalue weighted by molar-refractivity contribution is -0.142. The van der Waals surface area contributed by atoms with Crippen LogP contribution in [0.3, 0.4) is 0 Å². The van der Waals surface area contributed by atoms with Gasteiger partial charge in [-0.15, -0.1) is 11.3 Å². The Balaban J connectivity index is 1.48. The highest BCUT2D eigenvalue weighted by Gasteiger charge is 2.25. The topological polar surface area (TPSA) is 67.4 Å². The fourth-order valence-electron chi connectivity index (χ4n) is 3.68. The fraction of sp³-hybridized carbons (Fsp3) is 0.381. The van der Waals surface area contributed by atoms with Gasteiger partial charge in [0.15, 0.2) is 0 Å². The lowest BCUT2D eigenvalue weighted by atomic mass is 10.1. The van der Waals surface area contributed by atoms with Gasteiger partial charge in [0, 0.05) is 37.0 Å². The van der Waals surface area contributed by atoms with E-state index in [1.807, 2.05) is 24.1 Å². The molecular formula is C21H23FN4O2S. The number of benzene rings is 1. The number of nitrogens with one attached hydrogen (secondary N) is 1. The van der Waals surface area contributed by atoms with Gasteiger partial charge in [-0.1, -0.05) is 12.1 Å². The van der Waals surface area contributed by atoms with Crippen LogP contribution in [0.2, 0.25) is 0 Å². The monoisotopic (exact) mass is 414 g/mol. The maximum atomic E-state index is 13.3. The van der Waals surface area contributed by atoms with Crippen LogP contribution in [0.25, 0.3) is 21.3 Å². The van der Waals surface area contributed by atoms with E-state index in [9.17, 15) is 9.18 Å². The third-order valence-electron chi connectivity index (χ3n) is 4.93. The number of aromatic nitrogens is 2. The van der Waals surface area contributed by atoms with Crippen LogP contribution in [0.5, 0.6) is 0 Å². The Kier molecular flexibility index (Phi) is 5.73. The van der Waals surface area contributed by atoms with E-state index in [-0.39, 0.29) is 23.9 Å². The standard InChI is InChI=1S/C21H23FN4O2S/c1-13-9-26(10-14(2)28-13)18(27)7-8-23-20-19-17(11-29-21(19)25-12-24-20)15-3-5-16(22)6-4-15/h3-6,11-14H,7-10H2,1-2H3,(H,23,24,25). The molecule has 1 saturated heterocycles. The van der Waals surface area contributed by atoms with Crippen LogP contribution in [0.15, 0.2) is 36.0 Å². The van der Waals surface area contributed by atoms with E-state index in [0.717, 1.165) is 21.3 Å².